The van der Waals surface area contributed by atoms with Crippen LogP contribution in [0.15, 0.2) is 36.7 Å². The molecule has 1 aromatic heterocycles. The molecule has 1 fully saturated rings. The van der Waals surface area contributed by atoms with Gasteiger partial charge < -0.3 is 10.6 Å². The van der Waals surface area contributed by atoms with E-state index in [4.69, 9.17) is 0 Å². The molecule has 2 unspecified atom stereocenters. The molecule has 1 saturated heterocycles. The lowest BCUT2D eigenvalue weighted by Gasteiger charge is -2.33. The Hall–Kier alpha value is -2.41. The van der Waals surface area contributed by atoms with Crippen molar-refractivity contribution in [3.8, 4) is 0 Å². The summed E-state index contributed by atoms with van der Waals surface area (Å²) in [6.07, 6.45) is 2.96. The highest BCUT2D eigenvalue weighted by Gasteiger charge is 2.28. The number of rotatable bonds is 3. The normalized spacial score (nSPS) is 20.6. The standard InChI is InChI=1S/C17H16F3N3O/c18-12-5-11(7-22-8-12)17(24)23-16-9-21-4-3-13(16)10-1-2-14(19)15(20)6-10/h1-2,5-8,13,16,21H,3-4,9H2,(H,23,24). The minimum atomic E-state index is -0.912. The van der Waals surface area contributed by atoms with Crippen LogP contribution in [0.4, 0.5) is 13.2 Å². The fourth-order valence-electron chi connectivity index (χ4n) is 2.94. The lowest BCUT2D eigenvalue weighted by atomic mass is 9.86. The number of piperidine rings is 1. The summed E-state index contributed by atoms with van der Waals surface area (Å²) >= 11 is 0. The van der Waals surface area contributed by atoms with Crippen LogP contribution in [0.3, 0.4) is 0 Å². The first-order valence-corrected chi connectivity index (χ1v) is 7.61. The molecule has 2 aromatic rings. The summed E-state index contributed by atoms with van der Waals surface area (Å²) in [5.41, 5.74) is 0.739. The van der Waals surface area contributed by atoms with Crippen LogP contribution in [-0.2, 0) is 0 Å². The van der Waals surface area contributed by atoms with E-state index < -0.39 is 23.4 Å². The largest absolute Gasteiger partial charge is 0.347 e. The topological polar surface area (TPSA) is 54.0 Å². The maximum Gasteiger partial charge on any atom is 0.253 e. The van der Waals surface area contributed by atoms with Crippen LogP contribution in [0.25, 0.3) is 0 Å². The second-order valence-corrected chi connectivity index (χ2v) is 5.74. The lowest BCUT2D eigenvalue weighted by molar-refractivity contribution is 0.0923. The van der Waals surface area contributed by atoms with E-state index in [1.807, 2.05) is 0 Å². The van der Waals surface area contributed by atoms with E-state index in [1.165, 1.54) is 12.3 Å². The van der Waals surface area contributed by atoms with Gasteiger partial charge >= 0.3 is 0 Å². The van der Waals surface area contributed by atoms with Crippen LogP contribution in [0, 0.1) is 17.5 Å². The summed E-state index contributed by atoms with van der Waals surface area (Å²) in [7, 11) is 0. The molecule has 0 saturated carbocycles. The lowest BCUT2D eigenvalue weighted by Crippen LogP contribution is -2.50. The number of nitrogens with zero attached hydrogens (tertiary/aromatic N) is 1. The fraction of sp³-hybridized carbons (Fsp3) is 0.294. The van der Waals surface area contributed by atoms with E-state index in [1.54, 1.807) is 0 Å². The number of hydrogen-bond acceptors (Lipinski definition) is 3. The Bertz CT molecular complexity index is 754. The number of carbonyl (C=O) groups excluding carboxylic acids is 1. The molecule has 1 aliphatic heterocycles. The first-order valence-electron chi connectivity index (χ1n) is 7.61. The summed E-state index contributed by atoms with van der Waals surface area (Å²) in [6.45, 7) is 1.19. The minimum Gasteiger partial charge on any atom is -0.347 e. The van der Waals surface area contributed by atoms with Gasteiger partial charge in [0.15, 0.2) is 11.6 Å². The quantitative estimate of drug-likeness (QED) is 0.905. The van der Waals surface area contributed by atoms with E-state index >= 15 is 0 Å². The molecule has 0 aliphatic carbocycles. The Labute approximate surface area is 137 Å². The number of pyridine rings is 1. The molecule has 7 heteroatoms. The van der Waals surface area contributed by atoms with Crippen LogP contribution in [-0.4, -0.2) is 30.0 Å². The molecule has 2 N–H and O–H groups in total. The molecule has 24 heavy (non-hydrogen) atoms. The summed E-state index contributed by atoms with van der Waals surface area (Å²) in [5, 5.41) is 5.98. The first-order chi connectivity index (χ1) is 11.5. The van der Waals surface area contributed by atoms with Crippen molar-refractivity contribution in [2.24, 2.45) is 0 Å². The molecule has 2 atom stereocenters. The number of amides is 1. The van der Waals surface area contributed by atoms with Crippen LogP contribution < -0.4 is 10.6 Å². The highest BCUT2D eigenvalue weighted by molar-refractivity contribution is 5.94. The highest BCUT2D eigenvalue weighted by atomic mass is 19.2. The zero-order valence-corrected chi connectivity index (χ0v) is 12.7. The molecular formula is C17H16F3N3O. The number of aromatic nitrogens is 1. The number of nitrogens with one attached hydrogen (secondary N) is 2. The van der Waals surface area contributed by atoms with Gasteiger partial charge in [0, 0.05) is 24.7 Å². The van der Waals surface area contributed by atoms with E-state index in [2.05, 4.69) is 15.6 Å². The average Bonchev–Trinajstić information content (AvgIpc) is 2.58. The number of halogens is 3. The second-order valence-electron chi connectivity index (χ2n) is 5.74. The van der Waals surface area contributed by atoms with E-state index in [9.17, 15) is 18.0 Å². The minimum absolute atomic E-state index is 0.115. The number of carbonyl (C=O) groups is 1. The van der Waals surface area contributed by atoms with Crippen molar-refractivity contribution in [2.75, 3.05) is 13.1 Å². The zero-order chi connectivity index (χ0) is 17.1. The van der Waals surface area contributed by atoms with Crippen molar-refractivity contribution in [1.82, 2.24) is 15.6 Å². The maximum absolute atomic E-state index is 13.5. The molecule has 4 nitrogen and oxygen atoms in total. The number of benzene rings is 1. The maximum atomic E-state index is 13.5. The van der Waals surface area contributed by atoms with Crippen molar-refractivity contribution in [2.45, 2.75) is 18.4 Å². The van der Waals surface area contributed by atoms with E-state index in [0.29, 0.717) is 25.1 Å². The molecule has 0 bridgehead atoms. The van der Waals surface area contributed by atoms with Gasteiger partial charge in [-0.3, -0.25) is 9.78 Å². The predicted octanol–water partition coefficient (Wildman–Crippen LogP) is 2.37. The Morgan fingerprint density at radius 2 is 2.00 bits per heavy atom. The van der Waals surface area contributed by atoms with Gasteiger partial charge in [-0.1, -0.05) is 6.07 Å². The smallest absolute Gasteiger partial charge is 0.253 e. The third-order valence-corrected chi connectivity index (χ3v) is 4.14. The van der Waals surface area contributed by atoms with Crippen molar-refractivity contribution in [1.29, 1.82) is 0 Å². The molecule has 0 spiro atoms. The molecule has 3 rings (SSSR count). The van der Waals surface area contributed by atoms with Crippen LogP contribution in [0.1, 0.15) is 28.3 Å². The van der Waals surface area contributed by atoms with E-state index in [-0.39, 0.29) is 17.5 Å². The Morgan fingerprint density at radius 3 is 2.75 bits per heavy atom. The van der Waals surface area contributed by atoms with Gasteiger partial charge in [0.2, 0.25) is 0 Å². The van der Waals surface area contributed by atoms with Crippen molar-refractivity contribution in [3.05, 3.63) is 65.2 Å². The second kappa shape index (κ2) is 7.00. The third-order valence-electron chi connectivity index (χ3n) is 4.14. The van der Waals surface area contributed by atoms with Crippen LogP contribution in [0.5, 0.6) is 0 Å². The SMILES string of the molecule is O=C(NC1CNCCC1c1ccc(F)c(F)c1)c1cncc(F)c1. The van der Waals surface area contributed by atoms with Gasteiger partial charge in [-0.25, -0.2) is 13.2 Å². The summed E-state index contributed by atoms with van der Waals surface area (Å²) in [6, 6.07) is 4.55. The highest BCUT2D eigenvalue weighted by Crippen LogP contribution is 2.27. The van der Waals surface area contributed by atoms with Gasteiger partial charge in [-0.2, -0.15) is 0 Å². The number of hydrogen-bond donors (Lipinski definition) is 2. The van der Waals surface area contributed by atoms with Crippen LogP contribution >= 0.6 is 0 Å². The first kappa shape index (κ1) is 16.4. The van der Waals surface area contributed by atoms with Crippen molar-refractivity contribution >= 4 is 5.91 Å². The van der Waals surface area contributed by atoms with E-state index in [0.717, 1.165) is 24.4 Å². The Morgan fingerprint density at radius 1 is 1.17 bits per heavy atom. The molecule has 126 valence electrons. The van der Waals surface area contributed by atoms with Crippen molar-refractivity contribution < 1.29 is 18.0 Å². The van der Waals surface area contributed by atoms with Crippen LogP contribution in [0.2, 0.25) is 0 Å². The molecule has 1 aromatic carbocycles. The Balaban J connectivity index is 1.79. The molecule has 2 heterocycles. The monoisotopic (exact) mass is 335 g/mol. The third kappa shape index (κ3) is 3.56. The average molecular weight is 335 g/mol. The van der Waals surface area contributed by atoms with Gasteiger partial charge in [-0.15, -0.1) is 0 Å². The zero-order valence-electron chi connectivity index (χ0n) is 12.7. The summed E-state index contributed by atoms with van der Waals surface area (Å²) < 4.78 is 39.8. The molecule has 0 radical (unpaired) electrons. The Kier molecular flexibility index (Phi) is 4.80. The summed E-state index contributed by atoms with van der Waals surface area (Å²) in [5.74, 6) is -3.03. The van der Waals surface area contributed by atoms with Crippen molar-refractivity contribution in [3.63, 3.8) is 0 Å². The molecule has 1 amide bonds. The predicted molar refractivity (Wildman–Crippen MR) is 82.0 cm³/mol. The molecule has 1 aliphatic rings. The summed E-state index contributed by atoms with van der Waals surface area (Å²) in [4.78, 5) is 15.9. The fourth-order valence-corrected chi connectivity index (χ4v) is 2.94. The molecular weight excluding hydrogens is 319 g/mol. The van der Waals surface area contributed by atoms with Gasteiger partial charge in [-0.05, 0) is 36.7 Å². The van der Waals surface area contributed by atoms with Gasteiger partial charge in [0.25, 0.3) is 5.91 Å². The van der Waals surface area contributed by atoms with Gasteiger partial charge in [0.05, 0.1) is 11.8 Å². The van der Waals surface area contributed by atoms with Gasteiger partial charge in [0.1, 0.15) is 5.82 Å².